The molecule has 1 aliphatic rings. The quantitative estimate of drug-likeness (QED) is 0.244. The first-order chi connectivity index (χ1) is 13.2. The second-order valence-corrected chi connectivity index (χ2v) is 7.48. The number of nitrogen functional groups attached to an aromatic ring is 1. The second kappa shape index (κ2) is 8.32. The molecule has 0 spiro atoms. The van der Waals surface area contributed by atoms with E-state index in [4.69, 9.17) is 25.2 Å². The minimum absolute atomic E-state index is 0.125. The van der Waals surface area contributed by atoms with E-state index in [-0.39, 0.29) is 17.0 Å². The lowest BCUT2D eigenvalue weighted by molar-refractivity contribution is -0.0526. The molecule has 14 nitrogen and oxygen atoms in total. The fourth-order valence-corrected chi connectivity index (χ4v) is 3.36. The summed E-state index contributed by atoms with van der Waals surface area (Å²) in [7, 11) is -4.58. The average Bonchev–Trinajstić information content (AvgIpc) is 3.21. The minimum Gasteiger partial charge on any atom is -0.394 e. The van der Waals surface area contributed by atoms with Crippen LogP contribution < -0.4 is 5.73 Å². The molecule has 1 aliphatic heterocycles. The van der Waals surface area contributed by atoms with E-state index in [0.29, 0.717) is 0 Å². The topological polar surface area (TPSA) is 216 Å². The summed E-state index contributed by atoms with van der Waals surface area (Å²) in [5.41, 5.74) is 6.25. The molecule has 156 valence electrons. The smallest absolute Gasteiger partial charge is 0.394 e. The fraction of sp³-hybridized carbons (Fsp3) is 0.615. The molecule has 0 aromatic carbocycles. The van der Waals surface area contributed by atoms with Crippen LogP contribution >= 0.6 is 7.82 Å². The molecule has 1 unspecified atom stereocenters. The van der Waals surface area contributed by atoms with Crippen molar-refractivity contribution in [3.05, 3.63) is 12.7 Å². The highest BCUT2D eigenvalue weighted by Gasteiger charge is 2.45. The maximum absolute atomic E-state index is 11.8. The van der Waals surface area contributed by atoms with E-state index in [9.17, 15) is 19.7 Å². The summed E-state index contributed by atoms with van der Waals surface area (Å²) in [4.78, 5) is 21.4. The van der Waals surface area contributed by atoms with Gasteiger partial charge in [0.25, 0.3) is 0 Å². The summed E-state index contributed by atoms with van der Waals surface area (Å²) < 4.78 is 27.9. The average molecular weight is 421 g/mol. The zero-order valence-corrected chi connectivity index (χ0v) is 15.2. The van der Waals surface area contributed by atoms with Crippen LogP contribution in [-0.2, 0) is 18.3 Å². The Kier molecular flexibility index (Phi) is 6.24. The lowest BCUT2D eigenvalue weighted by atomic mass is 10.1. The van der Waals surface area contributed by atoms with Crippen LogP contribution in [0.2, 0.25) is 0 Å². The van der Waals surface area contributed by atoms with E-state index in [1.807, 2.05) is 0 Å². The highest BCUT2D eigenvalue weighted by Crippen LogP contribution is 2.44. The van der Waals surface area contributed by atoms with Gasteiger partial charge in [0.05, 0.1) is 26.1 Å². The number of aliphatic hydroxyl groups excluding tert-OH is 4. The molecular weight excluding hydrogens is 401 g/mol. The number of phosphoric acid groups is 1. The molecule has 3 heterocycles. The highest BCUT2D eigenvalue weighted by atomic mass is 31.2. The van der Waals surface area contributed by atoms with Crippen molar-refractivity contribution in [2.24, 2.45) is 0 Å². The van der Waals surface area contributed by atoms with Crippen molar-refractivity contribution < 1.29 is 43.7 Å². The van der Waals surface area contributed by atoms with Crippen LogP contribution in [0.15, 0.2) is 12.7 Å². The Bertz CT molecular complexity index is 866. The van der Waals surface area contributed by atoms with E-state index in [2.05, 4.69) is 19.5 Å². The van der Waals surface area contributed by atoms with E-state index in [1.165, 1.54) is 17.2 Å². The van der Waals surface area contributed by atoms with E-state index >= 15 is 0 Å². The van der Waals surface area contributed by atoms with Gasteiger partial charge in [-0.15, -0.1) is 0 Å². The molecule has 28 heavy (non-hydrogen) atoms. The molecular formula is C13H20N5O9P. The van der Waals surface area contributed by atoms with Gasteiger partial charge in [-0.1, -0.05) is 0 Å². The Morgan fingerprint density at radius 1 is 1.29 bits per heavy atom. The Morgan fingerprint density at radius 3 is 2.75 bits per heavy atom. The molecule has 0 aliphatic carbocycles. The SMILES string of the molecule is Nc1ncnc2c1ncn2[C@@H]1O[C@H](COP(=O)(O)OC[C@@H](O)CO)[C@@H](O)[C@H]1O. The highest BCUT2D eigenvalue weighted by molar-refractivity contribution is 7.47. The van der Waals surface area contributed by atoms with Crippen molar-refractivity contribution in [2.45, 2.75) is 30.6 Å². The van der Waals surface area contributed by atoms with Gasteiger partial charge in [-0.05, 0) is 0 Å². The number of fused-ring (bicyclic) bond motifs is 1. The Hall–Kier alpha value is -1.74. The maximum atomic E-state index is 11.8. The molecule has 3 rings (SSSR count). The predicted octanol–water partition coefficient (Wildman–Crippen LogP) is -2.49. The van der Waals surface area contributed by atoms with E-state index in [0.717, 1.165) is 0 Å². The first-order valence-corrected chi connectivity index (χ1v) is 9.58. The summed E-state index contributed by atoms with van der Waals surface area (Å²) >= 11 is 0. The van der Waals surface area contributed by atoms with Crippen molar-refractivity contribution in [2.75, 3.05) is 25.6 Å². The van der Waals surface area contributed by atoms with Crippen molar-refractivity contribution in [3.8, 4) is 0 Å². The predicted molar refractivity (Wildman–Crippen MR) is 90.5 cm³/mol. The first kappa shape index (κ1) is 21.0. The van der Waals surface area contributed by atoms with Crippen molar-refractivity contribution in [1.82, 2.24) is 19.5 Å². The third-order valence-electron chi connectivity index (χ3n) is 4.04. The molecule has 2 aromatic heterocycles. The van der Waals surface area contributed by atoms with Gasteiger partial charge in [0, 0.05) is 0 Å². The third-order valence-corrected chi connectivity index (χ3v) is 4.99. The Labute approximate surface area is 157 Å². The summed E-state index contributed by atoms with van der Waals surface area (Å²) in [6.07, 6.45) is -4.01. The maximum Gasteiger partial charge on any atom is 0.472 e. The van der Waals surface area contributed by atoms with Gasteiger partial charge in [-0.3, -0.25) is 13.6 Å². The molecule has 0 radical (unpaired) electrons. The van der Waals surface area contributed by atoms with Crippen LogP contribution in [0.5, 0.6) is 0 Å². The minimum atomic E-state index is -4.58. The molecule has 0 amide bonds. The number of anilines is 1. The molecule has 0 saturated carbocycles. The monoisotopic (exact) mass is 421 g/mol. The number of aromatic nitrogens is 4. The lowest BCUT2D eigenvalue weighted by Gasteiger charge is -2.18. The fourth-order valence-electron chi connectivity index (χ4n) is 2.59. The van der Waals surface area contributed by atoms with Crippen LogP contribution in [0, 0.1) is 0 Å². The van der Waals surface area contributed by atoms with Crippen LogP contribution in [-0.4, -0.2) is 89.1 Å². The number of phosphoric ester groups is 1. The summed E-state index contributed by atoms with van der Waals surface area (Å²) in [5.74, 6) is 0.125. The number of hydrogen-bond acceptors (Lipinski definition) is 12. The second-order valence-electron chi connectivity index (χ2n) is 6.03. The molecule has 6 atom stereocenters. The van der Waals surface area contributed by atoms with Gasteiger partial charge in [-0.25, -0.2) is 19.5 Å². The number of rotatable bonds is 8. The summed E-state index contributed by atoms with van der Waals surface area (Å²) in [5, 5.41) is 38.3. The van der Waals surface area contributed by atoms with Crippen LogP contribution in [0.1, 0.15) is 6.23 Å². The molecule has 7 N–H and O–H groups in total. The summed E-state index contributed by atoms with van der Waals surface area (Å²) in [6.45, 7) is -1.89. The largest absolute Gasteiger partial charge is 0.472 e. The van der Waals surface area contributed by atoms with Crippen LogP contribution in [0.4, 0.5) is 5.82 Å². The number of aliphatic hydroxyl groups is 4. The first-order valence-electron chi connectivity index (χ1n) is 8.09. The number of imidazole rings is 1. The standard InChI is InChI=1S/C13H20N5O9P/c14-11-8-12(16-4-15-11)18(5-17-8)13-10(22)9(21)7(27-13)3-26-28(23,24)25-2-6(20)1-19/h4-7,9-10,13,19-22H,1-3H2,(H,23,24)(H2,14,15,16)/t6-,7+,9+,10+,13+/m0/s1. The Balaban J connectivity index is 1.67. The lowest BCUT2D eigenvalue weighted by Crippen LogP contribution is -2.33. The summed E-state index contributed by atoms with van der Waals surface area (Å²) in [6, 6.07) is 0. The van der Waals surface area contributed by atoms with E-state index in [1.54, 1.807) is 0 Å². The van der Waals surface area contributed by atoms with Crippen molar-refractivity contribution in [1.29, 1.82) is 0 Å². The molecule has 1 fully saturated rings. The zero-order valence-electron chi connectivity index (χ0n) is 14.3. The molecule has 2 aromatic rings. The van der Waals surface area contributed by atoms with Crippen LogP contribution in [0.3, 0.4) is 0 Å². The van der Waals surface area contributed by atoms with Gasteiger partial charge in [0.15, 0.2) is 17.7 Å². The molecule has 15 heteroatoms. The van der Waals surface area contributed by atoms with Crippen molar-refractivity contribution >= 4 is 24.8 Å². The third kappa shape index (κ3) is 4.30. The van der Waals surface area contributed by atoms with E-state index < -0.39 is 58.3 Å². The molecule has 1 saturated heterocycles. The molecule has 0 bridgehead atoms. The van der Waals surface area contributed by atoms with Crippen molar-refractivity contribution in [3.63, 3.8) is 0 Å². The van der Waals surface area contributed by atoms with Gasteiger partial charge in [-0.2, -0.15) is 0 Å². The normalized spacial score (nSPS) is 28.5. The van der Waals surface area contributed by atoms with Gasteiger partial charge in [0.1, 0.15) is 36.3 Å². The van der Waals surface area contributed by atoms with Gasteiger partial charge >= 0.3 is 7.82 Å². The number of nitrogens with two attached hydrogens (primary N) is 1. The number of ether oxygens (including phenoxy) is 1. The number of nitrogens with zero attached hydrogens (tertiary/aromatic N) is 4. The van der Waals surface area contributed by atoms with Gasteiger partial charge < -0.3 is 35.8 Å². The van der Waals surface area contributed by atoms with Gasteiger partial charge in [0.2, 0.25) is 0 Å². The van der Waals surface area contributed by atoms with Crippen LogP contribution in [0.25, 0.3) is 11.2 Å². The Morgan fingerprint density at radius 2 is 2.04 bits per heavy atom. The number of hydrogen-bond donors (Lipinski definition) is 6. The zero-order chi connectivity index (χ0) is 20.5.